The van der Waals surface area contributed by atoms with Crippen LogP contribution in [0.15, 0.2) is 24.3 Å². The van der Waals surface area contributed by atoms with Crippen molar-refractivity contribution in [2.75, 3.05) is 13.1 Å². The van der Waals surface area contributed by atoms with Gasteiger partial charge in [0.05, 0.1) is 0 Å². The van der Waals surface area contributed by atoms with Gasteiger partial charge in [-0.15, -0.1) is 12.4 Å². The molecule has 2 amide bonds. The second kappa shape index (κ2) is 11.1. The zero-order valence-electron chi connectivity index (χ0n) is 15.1. The van der Waals surface area contributed by atoms with Crippen LogP contribution in [0.2, 0.25) is 0 Å². The molecule has 2 rings (SSSR count). The lowest BCUT2D eigenvalue weighted by atomic mass is 10.0. The molecular weight excluding hydrogens is 338 g/mol. The molecule has 0 spiro atoms. The highest BCUT2D eigenvalue weighted by Crippen LogP contribution is 2.14. The molecule has 5 nitrogen and oxygen atoms in total. The first-order valence-electron chi connectivity index (χ1n) is 8.95. The van der Waals surface area contributed by atoms with Crippen LogP contribution >= 0.6 is 12.4 Å². The minimum atomic E-state index is -0.0636. The molecule has 0 aliphatic carbocycles. The fourth-order valence-electron chi connectivity index (χ4n) is 2.82. The Labute approximate surface area is 156 Å². The van der Waals surface area contributed by atoms with Gasteiger partial charge in [0.1, 0.15) is 0 Å². The second-order valence-electron chi connectivity index (χ2n) is 6.66. The average molecular weight is 368 g/mol. The Morgan fingerprint density at radius 1 is 1.36 bits per heavy atom. The molecule has 140 valence electrons. The molecule has 2 atom stereocenters. The molecule has 1 aliphatic rings. The first kappa shape index (κ1) is 21.5. The van der Waals surface area contributed by atoms with Gasteiger partial charge in [-0.3, -0.25) is 9.59 Å². The molecule has 1 heterocycles. The van der Waals surface area contributed by atoms with Gasteiger partial charge in [-0.25, -0.2) is 0 Å². The van der Waals surface area contributed by atoms with E-state index in [0.29, 0.717) is 24.4 Å². The van der Waals surface area contributed by atoms with E-state index in [0.717, 1.165) is 31.5 Å². The maximum absolute atomic E-state index is 12.1. The number of benzene rings is 1. The van der Waals surface area contributed by atoms with Crippen LogP contribution in [0.3, 0.4) is 0 Å². The van der Waals surface area contributed by atoms with Gasteiger partial charge in [0, 0.05) is 24.6 Å². The normalized spacial score (nSPS) is 17.4. The zero-order chi connectivity index (χ0) is 17.4. The number of nitrogens with one attached hydrogen (secondary N) is 3. The summed E-state index contributed by atoms with van der Waals surface area (Å²) in [7, 11) is 0. The Kier molecular flexibility index (Phi) is 9.53. The van der Waals surface area contributed by atoms with E-state index in [1.54, 1.807) is 6.07 Å². The number of carbonyl (C=O) groups is 2. The van der Waals surface area contributed by atoms with Gasteiger partial charge in [0.25, 0.3) is 5.91 Å². The van der Waals surface area contributed by atoms with E-state index in [9.17, 15) is 9.59 Å². The van der Waals surface area contributed by atoms with Crippen LogP contribution in [0.25, 0.3) is 0 Å². The van der Waals surface area contributed by atoms with Crippen LogP contribution < -0.4 is 16.0 Å². The average Bonchev–Trinajstić information content (AvgIpc) is 3.11. The van der Waals surface area contributed by atoms with Crippen LogP contribution in [0.5, 0.6) is 0 Å². The lowest BCUT2D eigenvalue weighted by molar-refractivity contribution is -0.121. The van der Waals surface area contributed by atoms with Gasteiger partial charge in [-0.1, -0.05) is 19.1 Å². The Balaban J connectivity index is 0.00000312. The summed E-state index contributed by atoms with van der Waals surface area (Å²) in [6.07, 6.45) is 3.58. The molecule has 0 saturated carbocycles. The smallest absolute Gasteiger partial charge is 0.251 e. The van der Waals surface area contributed by atoms with Crippen molar-refractivity contribution in [1.82, 2.24) is 16.0 Å². The van der Waals surface area contributed by atoms with Crippen LogP contribution in [-0.2, 0) is 11.3 Å². The second-order valence-corrected chi connectivity index (χ2v) is 6.66. The number of halogens is 1. The van der Waals surface area contributed by atoms with Crippen LogP contribution in [0, 0.1) is 5.92 Å². The fraction of sp³-hybridized carbons (Fsp3) is 0.579. The van der Waals surface area contributed by atoms with Gasteiger partial charge >= 0.3 is 0 Å². The van der Waals surface area contributed by atoms with E-state index < -0.39 is 0 Å². The molecular formula is C19H30ClN3O2. The summed E-state index contributed by atoms with van der Waals surface area (Å²) >= 11 is 0. The molecule has 2 unspecified atom stereocenters. The van der Waals surface area contributed by atoms with Crippen LogP contribution in [-0.4, -0.2) is 30.9 Å². The van der Waals surface area contributed by atoms with Crippen molar-refractivity contribution >= 4 is 24.2 Å². The summed E-state index contributed by atoms with van der Waals surface area (Å²) in [4.78, 5) is 24.1. The van der Waals surface area contributed by atoms with Gasteiger partial charge in [-0.05, 0) is 62.9 Å². The van der Waals surface area contributed by atoms with Crippen molar-refractivity contribution in [3.8, 4) is 0 Å². The summed E-state index contributed by atoms with van der Waals surface area (Å²) in [5.41, 5.74) is 1.58. The van der Waals surface area contributed by atoms with Crippen molar-refractivity contribution in [3.05, 3.63) is 35.4 Å². The lowest BCUT2D eigenvalue weighted by Crippen LogP contribution is -2.32. The predicted molar refractivity (Wildman–Crippen MR) is 103 cm³/mol. The Hall–Kier alpha value is -1.59. The van der Waals surface area contributed by atoms with E-state index in [2.05, 4.69) is 16.0 Å². The third-order valence-electron chi connectivity index (χ3n) is 4.61. The molecule has 1 aliphatic heterocycles. The molecule has 1 saturated heterocycles. The van der Waals surface area contributed by atoms with Crippen LogP contribution in [0.1, 0.15) is 55.5 Å². The number of carbonyl (C=O) groups excluding carboxylic acids is 2. The molecule has 0 radical (unpaired) electrons. The molecule has 1 fully saturated rings. The number of hydrogen-bond donors (Lipinski definition) is 3. The molecule has 3 N–H and O–H groups in total. The Bertz CT molecular complexity index is 559. The third-order valence-corrected chi connectivity index (χ3v) is 4.61. The predicted octanol–water partition coefficient (Wildman–Crippen LogP) is 2.64. The van der Waals surface area contributed by atoms with Crippen molar-refractivity contribution in [2.24, 2.45) is 5.92 Å². The van der Waals surface area contributed by atoms with Crippen molar-refractivity contribution < 1.29 is 9.59 Å². The van der Waals surface area contributed by atoms with E-state index in [1.165, 1.54) is 6.42 Å². The standard InChI is InChI=1S/C19H29N3O2.ClH/c1-3-14(2)22-19(24)17-6-4-5-16(11-17)13-21-18(23)8-7-15-9-10-20-12-15;/h4-6,11,14-15,20H,3,7-10,12-13H2,1-2H3,(H,21,23)(H,22,24);1H. The summed E-state index contributed by atoms with van der Waals surface area (Å²) < 4.78 is 0. The van der Waals surface area contributed by atoms with Gasteiger partial charge in [0.15, 0.2) is 0 Å². The summed E-state index contributed by atoms with van der Waals surface area (Å²) in [6.45, 7) is 6.59. The number of amides is 2. The van der Waals surface area contributed by atoms with E-state index in [4.69, 9.17) is 0 Å². The van der Waals surface area contributed by atoms with Crippen LogP contribution in [0.4, 0.5) is 0 Å². The van der Waals surface area contributed by atoms with E-state index in [1.807, 2.05) is 32.0 Å². The fourth-order valence-corrected chi connectivity index (χ4v) is 2.82. The molecule has 25 heavy (non-hydrogen) atoms. The summed E-state index contributed by atoms with van der Waals surface area (Å²) in [5, 5.41) is 9.23. The molecule has 0 bridgehead atoms. The highest BCUT2D eigenvalue weighted by Gasteiger charge is 2.15. The minimum absolute atomic E-state index is 0. The molecule has 6 heteroatoms. The maximum atomic E-state index is 12.1. The molecule has 0 aromatic heterocycles. The number of hydrogen-bond acceptors (Lipinski definition) is 3. The molecule has 1 aromatic carbocycles. The monoisotopic (exact) mass is 367 g/mol. The van der Waals surface area contributed by atoms with Gasteiger partial charge in [-0.2, -0.15) is 0 Å². The summed E-state index contributed by atoms with van der Waals surface area (Å²) in [6, 6.07) is 7.60. The van der Waals surface area contributed by atoms with Crippen molar-refractivity contribution in [1.29, 1.82) is 0 Å². The van der Waals surface area contributed by atoms with E-state index in [-0.39, 0.29) is 30.3 Å². The first-order chi connectivity index (χ1) is 11.6. The van der Waals surface area contributed by atoms with Crippen molar-refractivity contribution in [2.45, 2.75) is 52.1 Å². The third kappa shape index (κ3) is 7.45. The Morgan fingerprint density at radius 3 is 2.84 bits per heavy atom. The van der Waals surface area contributed by atoms with Gasteiger partial charge in [0.2, 0.25) is 5.91 Å². The van der Waals surface area contributed by atoms with Crippen molar-refractivity contribution in [3.63, 3.8) is 0 Å². The number of rotatable bonds is 8. The quantitative estimate of drug-likeness (QED) is 0.661. The SMILES string of the molecule is CCC(C)NC(=O)c1cccc(CNC(=O)CCC2CCNC2)c1.Cl. The molecule has 1 aromatic rings. The maximum Gasteiger partial charge on any atom is 0.251 e. The zero-order valence-corrected chi connectivity index (χ0v) is 16.0. The topological polar surface area (TPSA) is 70.2 Å². The lowest BCUT2D eigenvalue weighted by Gasteiger charge is -2.12. The summed E-state index contributed by atoms with van der Waals surface area (Å²) in [5.74, 6) is 0.644. The highest BCUT2D eigenvalue weighted by atomic mass is 35.5. The van der Waals surface area contributed by atoms with E-state index >= 15 is 0 Å². The first-order valence-corrected chi connectivity index (χ1v) is 8.95. The van der Waals surface area contributed by atoms with Gasteiger partial charge < -0.3 is 16.0 Å². The highest BCUT2D eigenvalue weighted by molar-refractivity contribution is 5.94. The largest absolute Gasteiger partial charge is 0.352 e. The minimum Gasteiger partial charge on any atom is -0.352 e. The Morgan fingerprint density at radius 2 is 2.16 bits per heavy atom.